The van der Waals surface area contributed by atoms with Gasteiger partial charge in [0, 0.05) is 23.8 Å². The Bertz CT molecular complexity index is 851. The van der Waals surface area contributed by atoms with E-state index in [1.54, 1.807) is 34.6 Å². The van der Waals surface area contributed by atoms with Gasteiger partial charge in [-0.3, -0.25) is 14.3 Å². The van der Waals surface area contributed by atoms with Crippen LogP contribution < -0.4 is 5.56 Å². The van der Waals surface area contributed by atoms with Crippen LogP contribution in [0, 0.1) is 0 Å². The fourth-order valence-corrected chi connectivity index (χ4v) is 4.20. The first-order valence-corrected chi connectivity index (χ1v) is 8.03. The second-order valence-electron chi connectivity index (χ2n) is 5.39. The number of fused-ring (bicyclic) bond motifs is 3. The lowest BCUT2D eigenvalue weighted by Crippen LogP contribution is -2.21. The molecule has 0 saturated heterocycles. The van der Waals surface area contributed by atoms with Crippen molar-refractivity contribution in [2.24, 2.45) is 0 Å². The second-order valence-corrected chi connectivity index (χ2v) is 6.47. The van der Waals surface area contributed by atoms with Crippen LogP contribution in [0.1, 0.15) is 22.4 Å². The fourth-order valence-electron chi connectivity index (χ4n) is 2.98. The van der Waals surface area contributed by atoms with Crippen molar-refractivity contribution >= 4 is 21.6 Å². The van der Waals surface area contributed by atoms with Gasteiger partial charge >= 0.3 is 0 Å². The highest BCUT2D eigenvalue weighted by atomic mass is 32.1. The Labute approximate surface area is 126 Å². The van der Waals surface area contributed by atoms with Crippen molar-refractivity contribution in [3.8, 4) is 0 Å². The summed E-state index contributed by atoms with van der Waals surface area (Å²) in [6.45, 7) is 0.663. The molecule has 0 amide bonds. The average molecular weight is 297 g/mol. The largest absolute Gasteiger partial charge is 0.298 e. The zero-order valence-corrected chi connectivity index (χ0v) is 12.4. The molecule has 0 spiro atoms. The average Bonchev–Trinajstić information content (AvgIpc) is 3.08. The summed E-state index contributed by atoms with van der Waals surface area (Å²) in [6.07, 6.45) is 9.38. The molecule has 1 aliphatic rings. The number of thiophene rings is 1. The molecule has 106 valence electrons. The molecule has 3 aromatic heterocycles. The second kappa shape index (κ2) is 5.07. The number of nitrogens with zero attached hydrogens (tertiary/aromatic N) is 3. The lowest BCUT2D eigenvalue weighted by Gasteiger charge is -2.05. The van der Waals surface area contributed by atoms with E-state index >= 15 is 0 Å². The predicted molar refractivity (Wildman–Crippen MR) is 83.8 cm³/mol. The van der Waals surface area contributed by atoms with Gasteiger partial charge in [-0.25, -0.2) is 4.98 Å². The number of hydrogen-bond donors (Lipinski definition) is 0. The molecule has 0 N–H and O–H groups in total. The highest BCUT2D eigenvalue weighted by molar-refractivity contribution is 7.18. The summed E-state index contributed by atoms with van der Waals surface area (Å²) >= 11 is 1.69. The smallest absolute Gasteiger partial charge is 0.262 e. The summed E-state index contributed by atoms with van der Waals surface area (Å²) in [6, 6.07) is 3.97. The summed E-state index contributed by atoms with van der Waals surface area (Å²) in [7, 11) is 0. The number of rotatable bonds is 3. The molecule has 3 aromatic rings. The molecule has 0 aliphatic heterocycles. The number of aryl methyl sites for hydroxylation is 4. The molecule has 0 radical (unpaired) electrons. The van der Waals surface area contributed by atoms with E-state index in [1.807, 2.05) is 12.1 Å². The van der Waals surface area contributed by atoms with Gasteiger partial charge in [-0.15, -0.1) is 11.3 Å². The van der Waals surface area contributed by atoms with Crippen molar-refractivity contribution in [3.63, 3.8) is 0 Å². The van der Waals surface area contributed by atoms with Crippen LogP contribution in [0.15, 0.2) is 35.6 Å². The van der Waals surface area contributed by atoms with E-state index in [9.17, 15) is 4.79 Å². The number of hydrogen-bond acceptors (Lipinski definition) is 4. The highest BCUT2D eigenvalue weighted by Gasteiger charge is 2.21. The normalized spacial score (nSPS) is 13.7. The lowest BCUT2D eigenvalue weighted by molar-refractivity contribution is 0.662. The molecular weight excluding hydrogens is 282 g/mol. The SMILES string of the molecule is O=c1c2c3c(sc2ncn1CCc1ccncc1)CCC3. The van der Waals surface area contributed by atoms with Crippen LogP contribution >= 0.6 is 11.3 Å². The monoisotopic (exact) mass is 297 g/mol. The zero-order chi connectivity index (χ0) is 14.2. The molecular formula is C16H15N3OS. The summed E-state index contributed by atoms with van der Waals surface area (Å²) in [4.78, 5) is 23.5. The molecule has 0 unspecified atom stereocenters. The maximum Gasteiger partial charge on any atom is 0.262 e. The Morgan fingerprint density at radius 2 is 2.10 bits per heavy atom. The van der Waals surface area contributed by atoms with Gasteiger partial charge in [0.1, 0.15) is 4.83 Å². The van der Waals surface area contributed by atoms with Crippen molar-refractivity contribution < 1.29 is 0 Å². The topological polar surface area (TPSA) is 47.8 Å². The fraction of sp³-hybridized carbons (Fsp3) is 0.312. The van der Waals surface area contributed by atoms with E-state index < -0.39 is 0 Å². The van der Waals surface area contributed by atoms with Crippen molar-refractivity contribution in [2.75, 3.05) is 0 Å². The quantitative estimate of drug-likeness (QED) is 0.746. The van der Waals surface area contributed by atoms with Crippen LogP contribution in [0.5, 0.6) is 0 Å². The van der Waals surface area contributed by atoms with Gasteiger partial charge in [0.15, 0.2) is 0 Å². The van der Waals surface area contributed by atoms with Gasteiger partial charge in [0.25, 0.3) is 5.56 Å². The van der Waals surface area contributed by atoms with Gasteiger partial charge in [-0.05, 0) is 48.9 Å². The third-order valence-electron chi connectivity index (χ3n) is 4.08. The Hall–Kier alpha value is -2.01. The molecule has 4 nitrogen and oxygen atoms in total. The minimum Gasteiger partial charge on any atom is -0.298 e. The minimum atomic E-state index is 0.119. The summed E-state index contributed by atoms with van der Waals surface area (Å²) < 4.78 is 1.74. The molecule has 3 heterocycles. The Morgan fingerprint density at radius 1 is 1.24 bits per heavy atom. The lowest BCUT2D eigenvalue weighted by atomic mass is 10.2. The van der Waals surface area contributed by atoms with E-state index in [-0.39, 0.29) is 5.56 Å². The summed E-state index contributed by atoms with van der Waals surface area (Å²) in [5, 5.41) is 0.865. The maximum atomic E-state index is 12.7. The van der Waals surface area contributed by atoms with Gasteiger partial charge in [-0.2, -0.15) is 0 Å². The van der Waals surface area contributed by atoms with Crippen LogP contribution in [0.25, 0.3) is 10.2 Å². The molecule has 4 rings (SSSR count). The molecule has 0 aromatic carbocycles. The third-order valence-corrected chi connectivity index (χ3v) is 5.28. The molecule has 0 atom stereocenters. The van der Waals surface area contributed by atoms with Crippen molar-refractivity contribution in [3.05, 3.63) is 57.2 Å². The molecule has 5 heteroatoms. The van der Waals surface area contributed by atoms with E-state index in [1.165, 1.54) is 22.4 Å². The minimum absolute atomic E-state index is 0.119. The summed E-state index contributed by atoms with van der Waals surface area (Å²) in [5.74, 6) is 0. The van der Waals surface area contributed by atoms with Crippen molar-refractivity contribution in [2.45, 2.75) is 32.2 Å². The molecule has 0 fully saturated rings. The molecule has 0 bridgehead atoms. The first-order valence-electron chi connectivity index (χ1n) is 7.21. The van der Waals surface area contributed by atoms with Gasteiger partial charge in [-0.1, -0.05) is 0 Å². The number of aromatic nitrogens is 3. The summed E-state index contributed by atoms with van der Waals surface area (Å²) in [5.41, 5.74) is 2.56. The van der Waals surface area contributed by atoms with Crippen molar-refractivity contribution in [1.29, 1.82) is 0 Å². The van der Waals surface area contributed by atoms with Crippen LogP contribution in [-0.2, 0) is 25.8 Å². The number of pyridine rings is 1. The Kier molecular flexibility index (Phi) is 3.07. The van der Waals surface area contributed by atoms with E-state index in [0.29, 0.717) is 6.54 Å². The Morgan fingerprint density at radius 3 is 2.95 bits per heavy atom. The van der Waals surface area contributed by atoms with Crippen LogP contribution in [0.4, 0.5) is 0 Å². The molecule has 21 heavy (non-hydrogen) atoms. The molecule has 0 saturated carbocycles. The maximum absolute atomic E-state index is 12.7. The van der Waals surface area contributed by atoms with Crippen LogP contribution in [0.2, 0.25) is 0 Å². The van der Waals surface area contributed by atoms with Crippen LogP contribution in [0.3, 0.4) is 0 Å². The van der Waals surface area contributed by atoms with Crippen LogP contribution in [-0.4, -0.2) is 14.5 Å². The van der Waals surface area contributed by atoms with Gasteiger partial charge < -0.3 is 0 Å². The van der Waals surface area contributed by atoms with E-state index in [2.05, 4.69) is 9.97 Å². The standard InChI is InChI=1S/C16H15N3OS/c20-16-14-12-2-1-3-13(12)21-15(14)18-10-19(16)9-6-11-4-7-17-8-5-11/h4-5,7-8,10H,1-3,6,9H2. The predicted octanol–water partition coefficient (Wildman–Crippen LogP) is 2.58. The zero-order valence-electron chi connectivity index (χ0n) is 11.6. The highest BCUT2D eigenvalue weighted by Crippen LogP contribution is 2.34. The Balaban J connectivity index is 1.70. The first kappa shape index (κ1) is 12.7. The third kappa shape index (κ3) is 2.17. The van der Waals surface area contributed by atoms with E-state index in [4.69, 9.17) is 0 Å². The first-order chi connectivity index (χ1) is 10.3. The van der Waals surface area contributed by atoms with Gasteiger partial charge in [0.05, 0.1) is 11.7 Å². The van der Waals surface area contributed by atoms with Crippen molar-refractivity contribution in [1.82, 2.24) is 14.5 Å². The van der Waals surface area contributed by atoms with Gasteiger partial charge in [0.2, 0.25) is 0 Å². The van der Waals surface area contributed by atoms with E-state index in [0.717, 1.165) is 29.5 Å². The molecule has 1 aliphatic carbocycles.